The van der Waals surface area contributed by atoms with Crippen LogP contribution in [0.4, 0.5) is 0 Å². The summed E-state index contributed by atoms with van der Waals surface area (Å²) in [6, 6.07) is 8.27. The Morgan fingerprint density at radius 2 is 2.05 bits per heavy atom. The first-order valence-corrected chi connectivity index (χ1v) is 7.61. The van der Waals surface area contributed by atoms with Gasteiger partial charge in [0, 0.05) is 17.9 Å². The zero-order valence-corrected chi connectivity index (χ0v) is 13.2. The second kappa shape index (κ2) is 5.53. The van der Waals surface area contributed by atoms with Crippen molar-refractivity contribution in [2.75, 3.05) is 5.88 Å². The van der Waals surface area contributed by atoms with Gasteiger partial charge in [0.05, 0.1) is 22.8 Å². The van der Waals surface area contributed by atoms with Crippen molar-refractivity contribution in [3.63, 3.8) is 0 Å². The van der Waals surface area contributed by atoms with Crippen LogP contribution in [0.5, 0.6) is 0 Å². The Balaban J connectivity index is 2.20. The molecule has 5 heteroatoms. The average molecular weight is 304 g/mol. The lowest BCUT2D eigenvalue weighted by Crippen LogP contribution is -2.12. The lowest BCUT2D eigenvalue weighted by Gasteiger charge is -2.17. The predicted molar refractivity (Wildman–Crippen MR) is 83.9 cm³/mol. The number of para-hydroxylation sites is 2. The molecule has 4 nitrogen and oxygen atoms in total. The normalized spacial score (nSPS) is 13.0. The van der Waals surface area contributed by atoms with Gasteiger partial charge in [-0.3, -0.25) is 0 Å². The van der Waals surface area contributed by atoms with Gasteiger partial charge >= 0.3 is 0 Å². The van der Waals surface area contributed by atoms with Crippen molar-refractivity contribution >= 4 is 22.6 Å². The van der Waals surface area contributed by atoms with Crippen molar-refractivity contribution in [3.05, 3.63) is 47.1 Å². The molecule has 0 fully saturated rings. The number of benzene rings is 1. The molecule has 1 atom stereocenters. The van der Waals surface area contributed by atoms with Gasteiger partial charge in [-0.05, 0) is 32.9 Å². The molecule has 0 N–H and O–H groups in total. The van der Waals surface area contributed by atoms with Gasteiger partial charge in [-0.1, -0.05) is 17.3 Å². The molecule has 0 aliphatic rings. The van der Waals surface area contributed by atoms with Crippen LogP contribution in [-0.2, 0) is 6.42 Å². The second-order valence-electron chi connectivity index (χ2n) is 5.24. The molecular weight excluding hydrogens is 286 g/mol. The van der Waals surface area contributed by atoms with Gasteiger partial charge in [-0.2, -0.15) is 0 Å². The Morgan fingerprint density at radius 3 is 2.71 bits per heavy atom. The summed E-state index contributed by atoms with van der Waals surface area (Å²) in [7, 11) is 0. The molecule has 1 unspecified atom stereocenters. The number of fused-ring (bicyclic) bond motifs is 1. The molecule has 110 valence electrons. The van der Waals surface area contributed by atoms with E-state index in [1.807, 2.05) is 32.0 Å². The Labute approximate surface area is 128 Å². The van der Waals surface area contributed by atoms with Gasteiger partial charge in [-0.15, -0.1) is 11.6 Å². The standard InChI is InChI=1S/C16H18ClN3O/c1-10-16(12(3)21-19-10)11(2)20-14-7-5-4-6-13(14)18-15(20)8-9-17/h4-7,11H,8-9H2,1-3H3. The maximum atomic E-state index is 5.94. The summed E-state index contributed by atoms with van der Waals surface area (Å²) in [6.07, 6.45) is 0.740. The van der Waals surface area contributed by atoms with E-state index in [1.54, 1.807) is 0 Å². The predicted octanol–water partition coefficient (Wildman–Crippen LogP) is 4.03. The van der Waals surface area contributed by atoms with Gasteiger partial charge in [-0.25, -0.2) is 4.98 Å². The van der Waals surface area contributed by atoms with E-state index in [-0.39, 0.29) is 6.04 Å². The highest BCUT2D eigenvalue weighted by molar-refractivity contribution is 6.17. The van der Waals surface area contributed by atoms with Crippen LogP contribution in [0.25, 0.3) is 11.0 Å². The lowest BCUT2D eigenvalue weighted by molar-refractivity contribution is 0.391. The number of halogens is 1. The fraction of sp³-hybridized carbons (Fsp3) is 0.375. The molecule has 1 aromatic carbocycles. The van der Waals surface area contributed by atoms with Crippen LogP contribution in [0.2, 0.25) is 0 Å². The molecule has 0 saturated carbocycles. The minimum absolute atomic E-state index is 0.113. The lowest BCUT2D eigenvalue weighted by atomic mass is 10.1. The summed E-state index contributed by atoms with van der Waals surface area (Å²) in [5.41, 5.74) is 4.16. The molecule has 3 aromatic rings. The Morgan fingerprint density at radius 1 is 1.29 bits per heavy atom. The number of aromatic nitrogens is 3. The average Bonchev–Trinajstić information content (AvgIpc) is 2.99. The molecule has 0 saturated heterocycles. The van der Waals surface area contributed by atoms with Crippen LogP contribution in [0.15, 0.2) is 28.8 Å². The first-order chi connectivity index (χ1) is 10.1. The molecule has 0 aliphatic heterocycles. The highest BCUT2D eigenvalue weighted by atomic mass is 35.5. The Kier molecular flexibility index (Phi) is 3.72. The first-order valence-electron chi connectivity index (χ1n) is 7.08. The monoisotopic (exact) mass is 303 g/mol. The third kappa shape index (κ3) is 2.33. The fourth-order valence-electron chi connectivity index (χ4n) is 3.00. The Bertz CT molecular complexity index is 756. The molecule has 3 rings (SSSR count). The van der Waals surface area contributed by atoms with Crippen molar-refractivity contribution in [3.8, 4) is 0 Å². The highest BCUT2D eigenvalue weighted by Gasteiger charge is 2.22. The number of hydrogen-bond acceptors (Lipinski definition) is 3. The zero-order chi connectivity index (χ0) is 15.0. The highest BCUT2D eigenvalue weighted by Crippen LogP contribution is 2.30. The first kappa shape index (κ1) is 14.1. The number of hydrogen-bond donors (Lipinski definition) is 0. The van der Waals surface area contributed by atoms with Crippen molar-refractivity contribution in [2.24, 2.45) is 0 Å². The minimum Gasteiger partial charge on any atom is -0.361 e. The van der Waals surface area contributed by atoms with E-state index in [2.05, 4.69) is 22.7 Å². The maximum Gasteiger partial charge on any atom is 0.139 e. The van der Waals surface area contributed by atoms with E-state index in [4.69, 9.17) is 21.1 Å². The van der Waals surface area contributed by atoms with Crippen LogP contribution in [0, 0.1) is 13.8 Å². The van der Waals surface area contributed by atoms with Crippen molar-refractivity contribution in [1.29, 1.82) is 0 Å². The van der Waals surface area contributed by atoms with E-state index in [1.165, 1.54) is 0 Å². The van der Waals surface area contributed by atoms with E-state index >= 15 is 0 Å². The molecular formula is C16H18ClN3O. The van der Waals surface area contributed by atoms with E-state index in [0.29, 0.717) is 5.88 Å². The minimum atomic E-state index is 0.113. The molecule has 0 bridgehead atoms. The Hall–Kier alpha value is -1.81. The maximum absolute atomic E-state index is 5.94. The summed E-state index contributed by atoms with van der Waals surface area (Å²) in [6.45, 7) is 6.08. The summed E-state index contributed by atoms with van der Waals surface area (Å²) in [5.74, 6) is 2.41. The van der Waals surface area contributed by atoms with Gasteiger partial charge in [0.2, 0.25) is 0 Å². The molecule has 21 heavy (non-hydrogen) atoms. The number of aryl methyl sites for hydroxylation is 3. The van der Waals surface area contributed by atoms with Crippen molar-refractivity contribution < 1.29 is 4.52 Å². The van der Waals surface area contributed by atoms with Crippen LogP contribution in [0.1, 0.15) is 35.8 Å². The third-order valence-electron chi connectivity index (χ3n) is 3.88. The molecule has 2 aromatic heterocycles. The van der Waals surface area contributed by atoms with E-state index in [0.717, 1.165) is 40.3 Å². The number of alkyl halides is 1. The van der Waals surface area contributed by atoms with Crippen LogP contribution in [-0.4, -0.2) is 20.6 Å². The summed E-state index contributed by atoms with van der Waals surface area (Å²) >= 11 is 5.94. The molecule has 0 aliphatic carbocycles. The molecule has 0 spiro atoms. The van der Waals surface area contributed by atoms with Crippen molar-refractivity contribution in [1.82, 2.24) is 14.7 Å². The summed E-state index contributed by atoms with van der Waals surface area (Å²) in [5, 5.41) is 4.07. The number of nitrogens with zero attached hydrogens (tertiary/aromatic N) is 3. The van der Waals surface area contributed by atoms with E-state index < -0.39 is 0 Å². The smallest absolute Gasteiger partial charge is 0.139 e. The van der Waals surface area contributed by atoms with Gasteiger partial charge in [0.1, 0.15) is 11.6 Å². The van der Waals surface area contributed by atoms with Crippen LogP contribution >= 0.6 is 11.6 Å². The van der Waals surface area contributed by atoms with Crippen molar-refractivity contribution in [2.45, 2.75) is 33.2 Å². The molecule has 2 heterocycles. The largest absolute Gasteiger partial charge is 0.361 e. The molecule has 0 radical (unpaired) electrons. The quantitative estimate of drug-likeness (QED) is 0.683. The second-order valence-corrected chi connectivity index (χ2v) is 5.62. The van der Waals surface area contributed by atoms with Crippen LogP contribution < -0.4 is 0 Å². The number of rotatable bonds is 4. The summed E-state index contributed by atoms with van der Waals surface area (Å²) in [4.78, 5) is 4.72. The summed E-state index contributed by atoms with van der Waals surface area (Å²) < 4.78 is 7.56. The topological polar surface area (TPSA) is 43.9 Å². The van der Waals surface area contributed by atoms with E-state index in [9.17, 15) is 0 Å². The number of imidazole rings is 1. The molecule has 0 amide bonds. The SMILES string of the molecule is Cc1noc(C)c1C(C)n1c(CCCl)nc2ccccc21. The van der Waals surface area contributed by atoms with Gasteiger partial charge in [0.25, 0.3) is 0 Å². The zero-order valence-electron chi connectivity index (χ0n) is 12.4. The van der Waals surface area contributed by atoms with Gasteiger partial charge < -0.3 is 9.09 Å². The van der Waals surface area contributed by atoms with Crippen LogP contribution in [0.3, 0.4) is 0 Å². The fourth-order valence-corrected chi connectivity index (χ4v) is 3.17. The van der Waals surface area contributed by atoms with Gasteiger partial charge in [0.15, 0.2) is 0 Å². The third-order valence-corrected chi connectivity index (χ3v) is 4.07.